The summed E-state index contributed by atoms with van der Waals surface area (Å²) in [5, 5.41) is 16.3. The minimum atomic E-state index is -0.477. The van der Waals surface area contributed by atoms with Crippen LogP contribution >= 0.6 is 0 Å². The molecule has 1 aliphatic heterocycles. The molecule has 1 aliphatic rings. The van der Waals surface area contributed by atoms with E-state index < -0.39 is 4.92 Å². The highest BCUT2D eigenvalue weighted by molar-refractivity contribution is 6.05. The lowest BCUT2D eigenvalue weighted by Gasteiger charge is -2.22. The predicted octanol–water partition coefficient (Wildman–Crippen LogP) is 3.22. The number of carbonyl (C=O) groups excluding carboxylic acids is 2. The molecule has 0 bridgehead atoms. The maximum atomic E-state index is 12.8. The van der Waals surface area contributed by atoms with E-state index in [-0.39, 0.29) is 17.5 Å². The van der Waals surface area contributed by atoms with Gasteiger partial charge in [0.1, 0.15) is 0 Å². The monoisotopic (exact) mass is 438 g/mol. The molecule has 0 saturated carbocycles. The van der Waals surface area contributed by atoms with Gasteiger partial charge in [-0.05, 0) is 54.8 Å². The van der Waals surface area contributed by atoms with Crippen LogP contribution in [0, 0.1) is 10.1 Å². The van der Waals surface area contributed by atoms with E-state index >= 15 is 0 Å². The van der Waals surface area contributed by atoms with E-state index in [1.165, 1.54) is 18.2 Å². The number of amides is 2. The third kappa shape index (κ3) is 6.14. The quantitative estimate of drug-likeness (QED) is 0.269. The molecule has 0 spiro atoms. The van der Waals surface area contributed by atoms with Crippen molar-refractivity contribution in [3.63, 3.8) is 0 Å². The molecule has 0 unspecified atom stereocenters. The summed E-state index contributed by atoms with van der Waals surface area (Å²) < 4.78 is 4.99. The highest BCUT2D eigenvalue weighted by atomic mass is 16.6. The number of nitro benzene ring substituents is 1. The van der Waals surface area contributed by atoms with Crippen LogP contribution < -0.4 is 15.5 Å². The van der Waals surface area contributed by atoms with E-state index in [1.807, 2.05) is 6.07 Å². The van der Waals surface area contributed by atoms with Gasteiger partial charge >= 0.3 is 0 Å². The van der Waals surface area contributed by atoms with Crippen LogP contribution in [-0.4, -0.2) is 50.1 Å². The summed E-state index contributed by atoms with van der Waals surface area (Å²) in [6.45, 7) is 2.59. The largest absolute Gasteiger partial charge is 0.383 e. The van der Waals surface area contributed by atoms with Crippen molar-refractivity contribution in [2.45, 2.75) is 12.8 Å². The van der Waals surface area contributed by atoms with Gasteiger partial charge in [0.15, 0.2) is 0 Å². The SMILES string of the molecule is COCCNC(=O)c1cc(NC(=O)C=Cc2ccc([N+](=O)[O-])cc2)ccc1N1CCCC1. The summed E-state index contributed by atoms with van der Waals surface area (Å²) in [6, 6.07) is 11.2. The maximum absolute atomic E-state index is 12.8. The van der Waals surface area contributed by atoms with Crippen LogP contribution in [0.1, 0.15) is 28.8 Å². The zero-order valence-corrected chi connectivity index (χ0v) is 17.9. The van der Waals surface area contributed by atoms with Gasteiger partial charge in [0.2, 0.25) is 5.91 Å². The number of nitrogens with one attached hydrogen (secondary N) is 2. The third-order valence-corrected chi connectivity index (χ3v) is 5.08. The number of benzene rings is 2. The van der Waals surface area contributed by atoms with E-state index in [4.69, 9.17) is 4.74 Å². The number of nitrogens with zero attached hydrogens (tertiary/aromatic N) is 2. The number of hydrogen-bond acceptors (Lipinski definition) is 6. The second kappa shape index (κ2) is 11.1. The van der Waals surface area contributed by atoms with Crippen molar-refractivity contribution in [1.82, 2.24) is 5.32 Å². The first-order valence-corrected chi connectivity index (χ1v) is 10.4. The number of hydrogen-bond donors (Lipinski definition) is 2. The van der Waals surface area contributed by atoms with Crippen LogP contribution in [0.3, 0.4) is 0 Å². The van der Waals surface area contributed by atoms with E-state index in [2.05, 4.69) is 15.5 Å². The minimum absolute atomic E-state index is 0.0130. The Kier molecular flexibility index (Phi) is 7.93. The molecule has 2 amide bonds. The van der Waals surface area contributed by atoms with Crippen molar-refractivity contribution in [2.24, 2.45) is 0 Å². The molecule has 0 radical (unpaired) electrons. The highest BCUT2D eigenvalue weighted by Gasteiger charge is 2.20. The fourth-order valence-electron chi connectivity index (χ4n) is 3.45. The summed E-state index contributed by atoms with van der Waals surface area (Å²) in [5.41, 5.74) is 2.49. The summed E-state index contributed by atoms with van der Waals surface area (Å²) in [7, 11) is 1.57. The van der Waals surface area contributed by atoms with E-state index in [0.717, 1.165) is 31.6 Å². The Hall–Kier alpha value is -3.72. The average Bonchev–Trinajstić information content (AvgIpc) is 3.33. The smallest absolute Gasteiger partial charge is 0.269 e. The van der Waals surface area contributed by atoms with Crippen molar-refractivity contribution < 1.29 is 19.2 Å². The normalized spacial score (nSPS) is 13.3. The Labute approximate surface area is 186 Å². The first kappa shape index (κ1) is 23.0. The van der Waals surface area contributed by atoms with Gasteiger partial charge in [-0.15, -0.1) is 0 Å². The fraction of sp³-hybridized carbons (Fsp3) is 0.304. The first-order chi connectivity index (χ1) is 15.5. The molecule has 0 aliphatic carbocycles. The topological polar surface area (TPSA) is 114 Å². The molecular weight excluding hydrogens is 412 g/mol. The molecule has 1 saturated heterocycles. The van der Waals surface area contributed by atoms with Gasteiger partial charge in [0.05, 0.1) is 17.1 Å². The summed E-state index contributed by atoms with van der Waals surface area (Å²) >= 11 is 0. The van der Waals surface area contributed by atoms with Crippen LogP contribution in [0.4, 0.5) is 17.1 Å². The summed E-state index contributed by atoms with van der Waals surface area (Å²) in [4.78, 5) is 37.5. The molecule has 9 heteroatoms. The highest BCUT2D eigenvalue weighted by Crippen LogP contribution is 2.27. The van der Waals surface area contributed by atoms with Crippen LogP contribution in [0.25, 0.3) is 6.08 Å². The van der Waals surface area contributed by atoms with E-state index in [1.54, 1.807) is 37.5 Å². The van der Waals surface area contributed by atoms with Gasteiger partial charge in [-0.2, -0.15) is 0 Å². The summed E-state index contributed by atoms with van der Waals surface area (Å²) in [6.07, 6.45) is 5.07. The number of ether oxygens (including phenoxy) is 1. The molecule has 1 fully saturated rings. The molecule has 1 heterocycles. The lowest BCUT2D eigenvalue weighted by atomic mass is 10.1. The molecule has 0 atom stereocenters. The van der Waals surface area contributed by atoms with Crippen LogP contribution in [0.5, 0.6) is 0 Å². The Bertz CT molecular complexity index is 998. The third-order valence-electron chi connectivity index (χ3n) is 5.08. The number of anilines is 2. The minimum Gasteiger partial charge on any atom is -0.383 e. The van der Waals surface area contributed by atoms with Crippen LogP contribution in [-0.2, 0) is 9.53 Å². The van der Waals surface area contributed by atoms with Crippen LogP contribution in [0.15, 0.2) is 48.5 Å². The lowest BCUT2D eigenvalue weighted by Crippen LogP contribution is -2.30. The first-order valence-electron chi connectivity index (χ1n) is 10.4. The van der Waals surface area contributed by atoms with Crippen molar-refractivity contribution in [2.75, 3.05) is 43.6 Å². The Morgan fingerprint density at radius 1 is 1.16 bits per heavy atom. The number of carbonyl (C=O) groups is 2. The molecule has 0 aromatic heterocycles. The van der Waals surface area contributed by atoms with Gasteiger partial charge in [0.25, 0.3) is 11.6 Å². The second-order valence-electron chi connectivity index (χ2n) is 7.35. The molecular formula is C23H26N4O5. The molecule has 2 aromatic rings. The number of rotatable bonds is 9. The standard InChI is InChI=1S/C23H26N4O5/c1-32-15-12-24-23(29)20-16-18(7-10-21(20)26-13-2-3-14-26)25-22(28)11-6-17-4-8-19(9-5-17)27(30)31/h4-11,16H,2-3,12-15H2,1H3,(H,24,29)(H,25,28). The fourth-order valence-corrected chi connectivity index (χ4v) is 3.45. The summed E-state index contributed by atoms with van der Waals surface area (Å²) in [5.74, 6) is -0.593. The van der Waals surface area contributed by atoms with Crippen molar-refractivity contribution >= 4 is 35.0 Å². The van der Waals surface area contributed by atoms with Gasteiger partial charge in [-0.1, -0.05) is 0 Å². The van der Waals surface area contributed by atoms with Gasteiger partial charge < -0.3 is 20.3 Å². The van der Waals surface area contributed by atoms with Crippen molar-refractivity contribution in [3.8, 4) is 0 Å². The van der Waals surface area contributed by atoms with E-state index in [9.17, 15) is 19.7 Å². The number of nitro groups is 1. The average molecular weight is 438 g/mol. The Morgan fingerprint density at radius 3 is 2.53 bits per heavy atom. The number of non-ortho nitro benzene ring substituents is 1. The molecule has 3 rings (SSSR count). The van der Waals surface area contributed by atoms with Gasteiger partial charge in [-0.25, -0.2) is 0 Å². The predicted molar refractivity (Wildman–Crippen MR) is 123 cm³/mol. The zero-order valence-electron chi connectivity index (χ0n) is 17.9. The molecule has 2 aromatic carbocycles. The lowest BCUT2D eigenvalue weighted by molar-refractivity contribution is -0.384. The Balaban J connectivity index is 1.72. The number of methoxy groups -OCH3 is 1. The van der Waals surface area contributed by atoms with Gasteiger partial charge in [0, 0.05) is 56.3 Å². The van der Waals surface area contributed by atoms with Gasteiger partial charge in [-0.3, -0.25) is 19.7 Å². The van der Waals surface area contributed by atoms with E-state index in [0.29, 0.717) is 30.0 Å². The van der Waals surface area contributed by atoms with Crippen molar-refractivity contribution in [1.29, 1.82) is 0 Å². The van der Waals surface area contributed by atoms with Crippen molar-refractivity contribution in [3.05, 3.63) is 69.8 Å². The second-order valence-corrected chi connectivity index (χ2v) is 7.35. The molecule has 9 nitrogen and oxygen atoms in total. The maximum Gasteiger partial charge on any atom is 0.269 e. The Morgan fingerprint density at radius 2 is 1.88 bits per heavy atom. The van der Waals surface area contributed by atoms with Crippen LogP contribution in [0.2, 0.25) is 0 Å². The zero-order chi connectivity index (χ0) is 22.9. The molecule has 32 heavy (non-hydrogen) atoms. The molecule has 168 valence electrons. The molecule has 2 N–H and O–H groups in total.